The number of carbonyl (C=O) groups excluding carboxylic acids is 1. The lowest BCUT2D eigenvalue weighted by atomic mass is 10.1. The van der Waals surface area contributed by atoms with Gasteiger partial charge in [0, 0.05) is 17.3 Å². The normalized spacial score (nSPS) is 11.0. The number of Topliss-reactive ketones (excluding diaryl/α,β-unsaturated/α-hetero) is 1. The van der Waals surface area contributed by atoms with Gasteiger partial charge in [0.15, 0.2) is 17.3 Å². The fourth-order valence-electron chi connectivity index (χ4n) is 2.23. The first kappa shape index (κ1) is 17.8. The molecule has 0 heterocycles. The molecule has 0 fully saturated rings. The number of methoxy groups -OCH3 is 2. The fourth-order valence-corrected chi connectivity index (χ4v) is 3.54. The van der Waals surface area contributed by atoms with Crippen LogP contribution >= 0.6 is 0 Å². The van der Waals surface area contributed by atoms with Gasteiger partial charge in [-0.1, -0.05) is 0 Å². The first-order valence-electron chi connectivity index (χ1n) is 7.15. The molecule has 2 aromatic rings. The van der Waals surface area contributed by atoms with Gasteiger partial charge in [-0.25, -0.2) is 8.42 Å². The van der Waals surface area contributed by atoms with E-state index in [1.807, 2.05) is 0 Å². The predicted molar refractivity (Wildman–Crippen MR) is 91.5 cm³/mol. The molecule has 0 aliphatic carbocycles. The summed E-state index contributed by atoms with van der Waals surface area (Å²) in [5, 5.41) is 0. The minimum atomic E-state index is -3.81. The first-order valence-corrected chi connectivity index (χ1v) is 8.63. The monoisotopic (exact) mass is 349 g/mol. The van der Waals surface area contributed by atoms with Gasteiger partial charge in [-0.3, -0.25) is 9.52 Å². The van der Waals surface area contributed by atoms with E-state index in [0.717, 1.165) is 0 Å². The molecule has 2 aromatic carbocycles. The molecule has 0 aliphatic rings. The molecule has 0 unspecified atom stereocenters. The number of carbonyl (C=O) groups is 1. The Balaban J connectivity index is 2.38. The van der Waals surface area contributed by atoms with Gasteiger partial charge in [0.2, 0.25) is 0 Å². The second-order valence-corrected chi connectivity index (χ2v) is 6.86. The third-order valence-electron chi connectivity index (χ3n) is 3.51. The van der Waals surface area contributed by atoms with Crippen molar-refractivity contribution in [3.63, 3.8) is 0 Å². The lowest BCUT2D eigenvalue weighted by molar-refractivity contribution is 0.101. The summed E-state index contributed by atoms with van der Waals surface area (Å²) < 4.78 is 38.1. The van der Waals surface area contributed by atoms with E-state index < -0.39 is 10.0 Å². The van der Waals surface area contributed by atoms with Gasteiger partial charge in [0.05, 0.1) is 19.1 Å². The summed E-state index contributed by atoms with van der Waals surface area (Å²) in [6, 6.07) is 9.25. The maximum absolute atomic E-state index is 12.6. The van der Waals surface area contributed by atoms with Crippen LogP contribution in [0.4, 0.5) is 5.69 Å². The lowest BCUT2D eigenvalue weighted by Gasteiger charge is -2.14. The summed E-state index contributed by atoms with van der Waals surface area (Å²) in [7, 11) is -0.877. The van der Waals surface area contributed by atoms with Gasteiger partial charge in [-0.15, -0.1) is 0 Å². The van der Waals surface area contributed by atoms with Crippen LogP contribution in [0.25, 0.3) is 0 Å². The van der Waals surface area contributed by atoms with Gasteiger partial charge < -0.3 is 9.47 Å². The Labute approximate surface area is 141 Å². The molecule has 7 heteroatoms. The summed E-state index contributed by atoms with van der Waals surface area (Å²) in [5.41, 5.74) is 1.41. The zero-order valence-corrected chi connectivity index (χ0v) is 14.7. The molecule has 128 valence electrons. The Kier molecular flexibility index (Phi) is 5.14. The van der Waals surface area contributed by atoms with Crippen molar-refractivity contribution >= 4 is 21.5 Å². The number of sulfonamides is 1. The number of hydrogen-bond acceptors (Lipinski definition) is 5. The molecule has 0 spiro atoms. The standard InChI is InChI=1S/C17H19NO5S/c1-11-9-15(22-3)16(23-4)10-17(11)24(20,21)18-14-7-5-13(6-8-14)12(2)19/h5-10,18H,1-4H3. The van der Waals surface area contributed by atoms with Crippen molar-refractivity contribution in [2.24, 2.45) is 0 Å². The van der Waals surface area contributed by atoms with E-state index in [-0.39, 0.29) is 10.7 Å². The summed E-state index contributed by atoms with van der Waals surface area (Å²) in [5.74, 6) is 0.704. The average molecular weight is 349 g/mol. The highest BCUT2D eigenvalue weighted by Gasteiger charge is 2.20. The maximum Gasteiger partial charge on any atom is 0.262 e. The molecule has 1 N–H and O–H groups in total. The first-order chi connectivity index (χ1) is 11.3. The van der Waals surface area contributed by atoms with Crippen molar-refractivity contribution in [3.05, 3.63) is 47.5 Å². The molecule has 24 heavy (non-hydrogen) atoms. The van der Waals surface area contributed by atoms with E-state index in [2.05, 4.69) is 4.72 Å². The average Bonchev–Trinajstić information content (AvgIpc) is 2.54. The van der Waals surface area contributed by atoms with Gasteiger partial charge in [-0.2, -0.15) is 0 Å². The van der Waals surface area contributed by atoms with E-state index in [9.17, 15) is 13.2 Å². The molecule has 0 aliphatic heterocycles. The van der Waals surface area contributed by atoms with E-state index in [0.29, 0.717) is 28.3 Å². The predicted octanol–water partition coefficient (Wildman–Crippen LogP) is 3.02. The second-order valence-electron chi connectivity index (χ2n) is 5.21. The molecule has 0 aromatic heterocycles. The SMILES string of the molecule is COc1cc(C)c(S(=O)(=O)Nc2ccc(C(C)=O)cc2)cc1OC. The zero-order valence-electron chi connectivity index (χ0n) is 13.9. The number of benzene rings is 2. The van der Waals surface area contributed by atoms with Crippen LogP contribution in [0.15, 0.2) is 41.3 Å². The molecule has 6 nitrogen and oxygen atoms in total. The molecular formula is C17H19NO5S. The van der Waals surface area contributed by atoms with Crippen LogP contribution in [0.5, 0.6) is 11.5 Å². The Hall–Kier alpha value is -2.54. The largest absolute Gasteiger partial charge is 0.493 e. The van der Waals surface area contributed by atoms with Crippen LogP contribution in [0, 0.1) is 6.92 Å². The number of hydrogen-bond donors (Lipinski definition) is 1. The molecule has 0 radical (unpaired) electrons. The number of ether oxygens (including phenoxy) is 2. The minimum Gasteiger partial charge on any atom is -0.493 e. The summed E-state index contributed by atoms with van der Waals surface area (Å²) in [6.45, 7) is 3.13. The maximum atomic E-state index is 12.6. The van der Waals surface area contributed by atoms with Gasteiger partial charge >= 0.3 is 0 Å². The number of rotatable bonds is 6. The highest BCUT2D eigenvalue weighted by molar-refractivity contribution is 7.92. The molecule has 0 bridgehead atoms. The van der Waals surface area contributed by atoms with E-state index in [1.165, 1.54) is 27.2 Å². The van der Waals surface area contributed by atoms with Crippen molar-refractivity contribution < 1.29 is 22.7 Å². The number of nitrogens with one attached hydrogen (secondary N) is 1. The van der Waals surface area contributed by atoms with Crippen LogP contribution in [0.2, 0.25) is 0 Å². The van der Waals surface area contributed by atoms with Crippen molar-refractivity contribution in [3.8, 4) is 11.5 Å². The number of ketones is 1. The topological polar surface area (TPSA) is 81.7 Å². The van der Waals surface area contributed by atoms with Crippen LogP contribution in [0.1, 0.15) is 22.8 Å². The van der Waals surface area contributed by atoms with E-state index in [1.54, 1.807) is 37.3 Å². The lowest BCUT2D eigenvalue weighted by Crippen LogP contribution is -2.14. The number of aryl methyl sites for hydroxylation is 1. The van der Waals surface area contributed by atoms with Crippen LogP contribution in [0.3, 0.4) is 0 Å². The fraction of sp³-hybridized carbons (Fsp3) is 0.235. The van der Waals surface area contributed by atoms with Crippen LogP contribution < -0.4 is 14.2 Å². The van der Waals surface area contributed by atoms with Crippen LogP contribution in [-0.2, 0) is 10.0 Å². The second kappa shape index (κ2) is 6.92. The molecular weight excluding hydrogens is 330 g/mol. The Morgan fingerprint density at radius 1 is 1.00 bits per heavy atom. The van der Waals surface area contributed by atoms with Crippen molar-refractivity contribution in [1.29, 1.82) is 0 Å². The van der Waals surface area contributed by atoms with Crippen LogP contribution in [-0.4, -0.2) is 28.4 Å². The van der Waals surface area contributed by atoms with E-state index in [4.69, 9.17) is 9.47 Å². The van der Waals surface area contributed by atoms with Gasteiger partial charge in [-0.05, 0) is 49.7 Å². The molecule has 0 saturated carbocycles. The smallest absolute Gasteiger partial charge is 0.262 e. The van der Waals surface area contributed by atoms with Crippen molar-refractivity contribution in [2.75, 3.05) is 18.9 Å². The number of anilines is 1. The highest BCUT2D eigenvalue weighted by atomic mass is 32.2. The zero-order chi connectivity index (χ0) is 17.9. The quantitative estimate of drug-likeness (QED) is 0.811. The minimum absolute atomic E-state index is 0.0832. The molecule has 0 atom stereocenters. The van der Waals surface area contributed by atoms with Crippen molar-refractivity contribution in [2.45, 2.75) is 18.7 Å². The summed E-state index contributed by atoms with van der Waals surface area (Å²) in [4.78, 5) is 11.4. The Morgan fingerprint density at radius 2 is 1.54 bits per heavy atom. The molecule has 2 rings (SSSR count). The van der Waals surface area contributed by atoms with E-state index >= 15 is 0 Å². The van der Waals surface area contributed by atoms with Crippen molar-refractivity contribution in [1.82, 2.24) is 0 Å². The van der Waals surface area contributed by atoms with Gasteiger partial charge in [0.1, 0.15) is 0 Å². The summed E-state index contributed by atoms with van der Waals surface area (Å²) >= 11 is 0. The van der Waals surface area contributed by atoms with Gasteiger partial charge in [0.25, 0.3) is 10.0 Å². The summed E-state index contributed by atoms with van der Waals surface area (Å²) in [6.07, 6.45) is 0. The molecule has 0 amide bonds. The Bertz CT molecular complexity index is 857. The molecule has 0 saturated heterocycles. The Morgan fingerprint density at radius 3 is 2.04 bits per heavy atom. The highest BCUT2D eigenvalue weighted by Crippen LogP contribution is 2.33. The third kappa shape index (κ3) is 3.68. The third-order valence-corrected chi connectivity index (χ3v) is 5.04.